The Kier molecular flexibility index (Phi) is 4.20. The average Bonchev–Trinajstić information content (AvgIpc) is 2.92. The second-order valence-electron chi connectivity index (χ2n) is 5.42. The lowest BCUT2D eigenvalue weighted by molar-refractivity contribution is -0.141. The largest absolute Gasteiger partial charge is 0.433 e. The minimum absolute atomic E-state index is 0.0739. The van der Waals surface area contributed by atoms with Crippen LogP contribution in [-0.4, -0.2) is 45.5 Å². The molecule has 3 heterocycles. The van der Waals surface area contributed by atoms with E-state index in [0.29, 0.717) is 26.2 Å². The van der Waals surface area contributed by atoms with Gasteiger partial charge in [-0.1, -0.05) is 0 Å². The van der Waals surface area contributed by atoms with E-state index in [1.54, 1.807) is 15.8 Å². The van der Waals surface area contributed by atoms with E-state index in [1.165, 1.54) is 0 Å². The molecule has 0 N–H and O–H groups in total. The van der Waals surface area contributed by atoms with Gasteiger partial charge in [0.25, 0.3) is 0 Å². The zero-order chi connectivity index (χ0) is 16.4. The van der Waals surface area contributed by atoms with E-state index >= 15 is 0 Å². The highest BCUT2D eigenvalue weighted by molar-refractivity contribution is 5.31. The van der Waals surface area contributed by atoms with Crippen LogP contribution in [0.4, 0.5) is 19.1 Å². The lowest BCUT2D eigenvalue weighted by Gasteiger charge is -2.33. The lowest BCUT2D eigenvalue weighted by Crippen LogP contribution is -2.45. The molecule has 0 spiro atoms. The molecule has 0 bridgehead atoms. The molecule has 0 saturated carbocycles. The predicted octanol–water partition coefficient (Wildman–Crippen LogP) is 1.91. The highest BCUT2D eigenvalue weighted by atomic mass is 19.4. The monoisotopic (exact) mass is 327 g/mol. The predicted molar refractivity (Wildman–Crippen MR) is 76.0 cm³/mol. The minimum atomic E-state index is -4.48. The second kappa shape index (κ2) is 6.15. The zero-order valence-corrected chi connectivity index (χ0v) is 12.5. The number of hydrogen-bond donors (Lipinski definition) is 0. The van der Waals surface area contributed by atoms with Gasteiger partial charge in [-0.15, -0.1) is 0 Å². The van der Waals surface area contributed by atoms with Gasteiger partial charge in [-0.05, 0) is 18.6 Å². The molecule has 1 unspecified atom stereocenters. The third kappa shape index (κ3) is 3.79. The number of rotatable bonds is 3. The van der Waals surface area contributed by atoms with Crippen molar-refractivity contribution in [1.29, 1.82) is 0 Å². The van der Waals surface area contributed by atoms with Crippen molar-refractivity contribution in [2.45, 2.75) is 25.7 Å². The maximum Gasteiger partial charge on any atom is 0.433 e. The molecule has 6 nitrogen and oxygen atoms in total. The maximum absolute atomic E-state index is 12.8. The van der Waals surface area contributed by atoms with Gasteiger partial charge in [-0.3, -0.25) is 4.68 Å². The molecule has 0 amide bonds. The maximum atomic E-state index is 12.8. The first-order valence-corrected chi connectivity index (χ1v) is 7.17. The average molecular weight is 327 g/mol. The molecule has 0 radical (unpaired) electrons. The van der Waals surface area contributed by atoms with Crippen molar-refractivity contribution in [2.75, 3.05) is 24.6 Å². The summed E-state index contributed by atoms with van der Waals surface area (Å²) in [6, 6.07) is 0.869. The molecular weight excluding hydrogens is 311 g/mol. The van der Waals surface area contributed by atoms with Crippen LogP contribution in [-0.2, 0) is 17.5 Å². The summed E-state index contributed by atoms with van der Waals surface area (Å²) in [5.74, 6) is 0.0739. The van der Waals surface area contributed by atoms with Crippen LogP contribution in [0.1, 0.15) is 11.3 Å². The summed E-state index contributed by atoms with van der Waals surface area (Å²) in [6.45, 7) is 3.75. The Bertz CT molecular complexity index is 672. The van der Waals surface area contributed by atoms with E-state index in [-0.39, 0.29) is 12.1 Å². The van der Waals surface area contributed by atoms with Crippen molar-refractivity contribution in [2.24, 2.45) is 0 Å². The van der Waals surface area contributed by atoms with Gasteiger partial charge in [0.2, 0.25) is 5.95 Å². The topological polar surface area (TPSA) is 56.1 Å². The molecule has 1 saturated heterocycles. The van der Waals surface area contributed by atoms with Crippen molar-refractivity contribution in [1.82, 2.24) is 19.7 Å². The number of anilines is 1. The van der Waals surface area contributed by atoms with Crippen LogP contribution in [0.25, 0.3) is 0 Å². The van der Waals surface area contributed by atoms with Crippen LogP contribution in [0.3, 0.4) is 0 Å². The Morgan fingerprint density at radius 2 is 2.22 bits per heavy atom. The first-order valence-electron chi connectivity index (χ1n) is 7.17. The van der Waals surface area contributed by atoms with Gasteiger partial charge in [-0.25, -0.2) is 9.97 Å². The second-order valence-corrected chi connectivity index (χ2v) is 5.42. The van der Waals surface area contributed by atoms with Crippen molar-refractivity contribution >= 4 is 5.95 Å². The third-order valence-corrected chi connectivity index (χ3v) is 3.51. The summed E-state index contributed by atoms with van der Waals surface area (Å²) in [7, 11) is 0. The van der Waals surface area contributed by atoms with E-state index < -0.39 is 11.9 Å². The highest BCUT2D eigenvalue weighted by Crippen LogP contribution is 2.28. The summed E-state index contributed by atoms with van der Waals surface area (Å²) in [6.07, 6.45) is 0.114. The van der Waals surface area contributed by atoms with Crippen LogP contribution in [0, 0.1) is 6.92 Å². The van der Waals surface area contributed by atoms with E-state index in [9.17, 15) is 13.2 Å². The molecule has 3 rings (SSSR count). The molecule has 1 atom stereocenters. The lowest BCUT2D eigenvalue weighted by atomic mass is 10.2. The van der Waals surface area contributed by atoms with Crippen LogP contribution >= 0.6 is 0 Å². The van der Waals surface area contributed by atoms with E-state index in [0.717, 1.165) is 17.8 Å². The molecule has 1 fully saturated rings. The molecule has 0 aromatic carbocycles. The minimum Gasteiger partial charge on any atom is -0.373 e. The fourth-order valence-electron chi connectivity index (χ4n) is 2.45. The van der Waals surface area contributed by atoms with Crippen LogP contribution in [0.5, 0.6) is 0 Å². The first kappa shape index (κ1) is 15.7. The number of aromatic nitrogens is 4. The van der Waals surface area contributed by atoms with E-state index in [1.807, 2.05) is 13.1 Å². The highest BCUT2D eigenvalue weighted by Gasteiger charge is 2.33. The smallest absolute Gasteiger partial charge is 0.373 e. The Morgan fingerprint density at radius 1 is 1.39 bits per heavy atom. The van der Waals surface area contributed by atoms with Gasteiger partial charge in [0.05, 0.1) is 25.5 Å². The van der Waals surface area contributed by atoms with Gasteiger partial charge < -0.3 is 9.64 Å². The molecule has 0 aliphatic carbocycles. The Labute approximate surface area is 130 Å². The third-order valence-electron chi connectivity index (χ3n) is 3.51. The van der Waals surface area contributed by atoms with E-state index in [4.69, 9.17) is 4.74 Å². The van der Waals surface area contributed by atoms with Crippen molar-refractivity contribution in [3.05, 3.63) is 35.9 Å². The molecule has 23 heavy (non-hydrogen) atoms. The van der Waals surface area contributed by atoms with E-state index in [2.05, 4.69) is 15.1 Å². The fraction of sp³-hybridized carbons (Fsp3) is 0.500. The standard InChI is InChI=1S/C14H16F3N5O/c1-10-6-19-22(7-10)9-11-8-21(4-5-23-11)13-18-3-2-12(20-13)14(15,16)17/h2-3,6-7,11H,4-5,8-9H2,1H3. The zero-order valence-electron chi connectivity index (χ0n) is 12.5. The fourth-order valence-corrected chi connectivity index (χ4v) is 2.45. The molecule has 9 heteroatoms. The van der Waals surface area contributed by atoms with Gasteiger partial charge in [0, 0.05) is 25.5 Å². The van der Waals surface area contributed by atoms with Crippen LogP contribution < -0.4 is 4.90 Å². The SMILES string of the molecule is Cc1cnn(CC2CN(c3nccc(C(F)(F)F)n3)CCO2)c1. The number of ether oxygens (including phenoxy) is 1. The molecule has 2 aromatic rings. The Hall–Kier alpha value is -2.16. The normalized spacial score (nSPS) is 19.1. The van der Waals surface area contributed by atoms with Gasteiger partial charge >= 0.3 is 6.18 Å². The summed E-state index contributed by atoms with van der Waals surface area (Å²) in [5.41, 5.74) is 0.104. The number of hydrogen-bond acceptors (Lipinski definition) is 5. The summed E-state index contributed by atoms with van der Waals surface area (Å²) in [4.78, 5) is 9.29. The van der Waals surface area contributed by atoms with Gasteiger partial charge in [-0.2, -0.15) is 18.3 Å². The summed E-state index contributed by atoms with van der Waals surface area (Å²) in [5, 5.41) is 4.19. The summed E-state index contributed by atoms with van der Waals surface area (Å²) < 4.78 is 45.7. The molecule has 1 aliphatic rings. The van der Waals surface area contributed by atoms with Gasteiger partial charge in [0.15, 0.2) is 0 Å². The van der Waals surface area contributed by atoms with Crippen molar-refractivity contribution in [3.63, 3.8) is 0 Å². The summed E-state index contributed by atoms with van der Waals surface area (Å²) >= 11 is 0. The number of nitrogens with zero attached hydrogens (tertiary/aromatic N) is 5. The molecule has 124 valence electrons. The first-order chi connectivity index (χ1) is 10.9. The van der Waals surface area contributed by atoms with Crippen LogP contribution in [0.15, 0.2) is 24.7 Å². The Balaban J connectivity index is 1.71. The number of morpholine rings is 1. The number of halogens is 3. The Morgan fingerprint density at radius 3 is 2.91 bits per heavy atom. The quantitative estimate of drug-likeness (QED) is 0.862. The number of aryl methyl sites for hydroxylation is 1. The van der Waals surface area contributed by atoms with Crippen LogP contribution in [0.2, 0.25) is 0 Å². The molecule has 1 aliphatic heterocycles. The van der Waals surface area contributed by atoms with Crippen molar-refractivity contribution < 1.29 is 17.9 Å². The van der Waals surface area contributed by atoms with Gasteiger partial charge in [0.1, 0.15) is 5.69 Å². The number of alkyl halides is 3. The van der Waals surface area contributed by atoms with Crippen molar-refractivity contribution in [3.8, 4) is 0 Å². The molecule has 2 aromatic heterocycles. The molecular formula is C14H16F3N5O.